The van der Waals surface area contributed by atoms with Crippen molar-refractivity contribution < 1.29 is 4.79 Å². The topological polar surface area (TPSA) is 72.9 Å². The van der Waals surface area contributed by atoms with Crippen LogP contribution in [-0.2, 0) is 17.8 Å². The molecule has 1 aromatic carbocycles. The highest BCUT2D eigenvalue weighted by Crippen LogP contribution is 2.12. The Bertz CT molecular complexity index is 621. The Hall–Kier alpha value is -2.30. The van der Waals surface area contributed by atoms with Crippen LogP contribution in [0.25, 0.3) is 0 Å². The summed E-state index contributed by atoms with van der Waals surface area (Å²) in [7, 11) is 0. The Morgan fingerprint density at radius 3 is 2.86 bits per heavy atom. The Labute approximate surface area is 131 Å². The average molecular weight is 300 g/mol. The SMILES string of the molecule is Cc1nccn1CC(C)CNC(=O)CCc1ccccc1N. The number of anilines is 1. The number of benzene rings is 1. The van der Waals surface area contributed by atoms with Crippen molar-refractivity contribution in [3.8, 4) is 0 Å². The molecule has 22 heavy (non-hydrogen) atoms. The fraction of sp³-hybridized carbons (Fsp3) is 0.412. The summed E-state index contributed by atoms with van der Waals surface area (Å²) in [4.78, 5) is 16.1. The van der Waals surface area contributed by atoms with Crippen LogP contribution in [0.1, 0.15) is 24.7 Å². The molecule has 0 bridgehead atoms. The van der Waals surface area contributed by atoms with Gasteiger partial charge in [0.2, 0.25) is 5.91 Å². The minimum absolute atomic E-state index is 0.0671. The van der Waals surface area contributed by atoms with E-state index in [2.05, 4.69) is 21.8 Å². The van der Waals surface area contributed by atoms with E-state index in [1.54, 1.807) is 6.20 Å². The predicted octanol–water partition coefficient (Wildman–Crippen LogP) is 2.16. The molecule has 0 fully saturated rings. The molecule has 2 rings (SSSR count). The summed E-state index contributed by atoms with van der Waals surface area (Å²) in [6, 6.07) is 7.67. The van der Waals surface area contributed by atoms with Gasteiger partial charge in [0, 0.05) is 37.6 Å². The Balaban J connectivity index is 1.71. The number of carbonyl (C=O) groups is 1. The number of nitrogens with two attached hydrogens (primary N) is 1. The third kappa shape index (κ3) is 4.62. The molecule has 1 heterocycles. The summed E-state index contributed by atoms with van der Waals surface area (Å²) in [6.07, 6.45) is 4.90. The van der Waals surface area contributed by atoms with Gasteiger partial charge in [0.1, 0.15) is 5.82 Å². The molecule has 0 saturated carbocycles. The van der Waals surface area contributed by atoms with Crippen LogP contribution < -0.4 is 11.1 Å². The molecule has 1 atom stereocenters. The van der Waals surface area contributed by atoms with Crippen molar-refractivity contribution >= 4 is 11.6 Å². The third-order valence-electron chi connectivity index (χ3n) is 3.76. The van der Waals surface area contributed by atoms with E-state index in [-0.39, 0.29) is 5.91 Å². The minimum Gasteiger partial charge on any atom is -0.399 e. The molecule has 1 aromatic heterocycles. The second kappa shape index (κ2) is 7.64. The van der Waals surface area contributed by atoms with E-state index < -0.39 is 0 Å². The molecule has 1 amide bonds. The summed E-state index contributed by atoms with van der Waals surface area (Å²) >= 11 is 0. The normalized spacial score (nSPS) is 12.1. The van der Waals surface area contributed by atoms with Gasteiger partial charge < -0.3 is 15.6 Å². The first kappa shape index (κ1) is 16.1. The standard InChI is InChI=1S/C17H24N4O/c1-13(12-21-10-9-19-14(21)2)11-20-17(22)8-7-15-5-3-4-6-16(15)18/h3-6,9-10,13H,7-8,11-12,18H2,1-2H3,(H,20,22). The van der Waals surface area contributed by atoms with Crippen molar-refractivity contribution in [3.63, 3.8) is 0 Å². The number of hydrogen-bond acceptors (Lipinski definition) is 3. The van der Waals surface area contributed by atoms with E-state index in [1.807, 2.05) is 37.4 Å². The number of aromatic nitrogens is 2. The van der Waals surface area contributed by atoms with Crippen molar-refractivity contribution in [1.29, 1.82) is 0 Å². The van der Waals surface area contributed by atoms with Gasteiger partial charge in [-0.05, 0) is 30.9 Å². The second-order valence-corrected chi connectivity index (χ2v) is 5.73. The first-order valence-corrected chi connectivity index (χ1v) is 7.64. The smallest absolute Gasteiger partial charge is 0.220 e. The van der Waals surface area contributed by atoms with E-state index in [4.69, 9.17) is 5.73 Å². The highest BCUT2D eigenvalue weighted by Gasteiger charge is 2.08. The molecule has 0 aliphatic heterocycles. The number of nitrogens with one attached hydrogen (secondary N) is 1. The molecule has 0 aliphatic rings. The van der Waals surface area contributed by atoms with Crippen molar-refractivity contribution in [1.82, 2.24) is 14.9 Å². The number of nitrogens with zero attached hydrogens (tertiary/aromatic N) is 2. The maximum absolute atomic E-state index is 11.9. The zero-order valence-electron chi connectivity index (χ0n) is 13.2. The fourth-order valence-corrected chi connectivity index (χ4v) is 2.38. The molecule has 2 aromatic rings. The minimum atomic E-state index is 0.0671. The first-order valence-electron chi connectivity index (χ1n) is 7.64. The summed E-state index contributed by atoms with van der Waals surface area (Å²) < 4.78 is 2.10. The second-order valence-electron chi connectivity index (χ2n) is 5.73. The van der Waals surface area contributed by atoms with Crippen LogP contribution >= 0.6 is 0 Å². The Kier molecular flexibility index (Phi) is 5.58. The molecule has 3 N–H and O–H groups in total. The van der Waals surface area contributed by atoms with E-state index in [0.29, 0.717) is 25.3 Å². The maximum Gasteiger partial charge on any atom is 0.220 e. The van der Waals surface area contributed by atoms with Crippen LogP contribution in [0.2, 0.25) is 0 Å². The highest BCUT2D eigenvalue weighted by molar-refractivity contribution is 5.76. The number of hydrogen-bond donors (Lipinski definition) is 2. The summed E-state index contributed by atoms with van der Waals surface area (Å²) in [5.74, 6) is 1.42. The lowest BCUT2D eigenvalue weighted by Gasteiger charge is -2.14. The van der Waals surface area contributed by atoms with Crippen LogP contribution in [0.15, 0.2) is 36.7 Å². The van der Waals surface area contributed by atoms with Gasteiger partial charge >= 0.3 is 0 Å². The highest BCUT2D eigenvalue weighted by atomic mass is 16.1. The summed E-state index contributed by atoms with van der Waals surface area (Å²) in [5, 5.41) is 2.99. The number of aryl methyl sites for hydroxylation is 2. The molecule has 0 saturated heterocycles. The number of rotatable bonds is 7. The van der Waals surface area contributed by atoms with Gasteiger partial charge in [-0.2, -0.15) is 0 Å². The lowest BCUT2D eigenvalue weighted by atomic mass is 10.1. The van der Waals surface area contributed by atoms with E-state index in [9.17, 15) is 4.79 Å². The van der Waals surface area contributed by atoms with Gasteiger partial charge in [-0.1, -0.05) is 25.1 Å². The molecule has 5 nitrogen and oxygen atoms in total. The first-order chi connectivity index (χ1) is 10.6. The van der Waals surface area contributed by atoms with Crippen molar-refractivity contribution in [2.24, 2.45) is 5.92 Å². The van der Waals surface area contributed by atoms with Crippen molar-refractivity contribution in [2.45, 2.75) is 33.2 Å². The molecular formula is C17H24N4O. The number of nitrogen functional groups attached to an aromatic ring is 1. The number of carbonyl (C=O) groups excluding carboxylic acids is 1. The van der Waals surface area contributed by atoms with E-state index in [1.165, 1.54) is 0 Å². The molecule has 0 aliphatic carbocycles. The number of imidazole rings is 1. The van der Waals surface area contributed by atoms with Crippen LogP contribution in [-0.4, -0.2) is 22.0 Å². The van der Waals surface area contributed by atoms with Crippen LogP contribution in [0.3, 0.4) is 0 Å². The van der Waals surface area contributed by atoms with Gasteiger partial charge in [-0.25, -0.2) is 4.98 Å². The summed E-state index contributed by atoms with van der Waals surface area (Å²) in [5.41, 5.74) is 7.66. The van der Waals surface area contributed by atoms with Gasteiger partial charge in [0.25, 0.3) is 0 Å². The van der Waals surface area contributed by atoms with Crippen LogP contribution in [0, 0.1) is 12.8 Å². The zero-order chi connectivity index (χ0) is 15.9. The van der Waals surface area contributed by atoms with Crippen LogP contribution in [0.5, 0.6) is 0 Å². The fourth-order valence-electron chi connectivity index (χ4n) is 2.38. The van der Waals surface area contributed by atoms with E-state index >= 15 is 0 Å². The van der Waals surface area contributed by atoms with E-state index in [0.717, 1.165) is 23.6 Å². The number of amides is 1. The molecular weight excluding hydrogens is 276 g/mol. The Morgan fingerprint density at radius 2 is 2.18 bits per heavy atom. The predicted molar refractivity (Wildman–Crippen MR) is 88.3 cm³/mol. The molecule has 5 heteroatoms. The number of para-hydroxylation sites is 1. The monoisotopic (exact) mass is 300 g/mol. The lowest BCUT2D eigenvalue weighted by molar-refractivity contribution is -0.121. The largest absolute Gasteiger partial charge is 0.399 e. The summed E-state index contributed by atoms with van der Waals surface area (Å²) in [6.45, 7) is 5.63. The molecule has 118 valence electrons. The van der Waals surface area contributed by atoms with Gasteiger partial charge in [-0.15, -0.1) is 0 Å². The Morgan fingerprint density at radius 1 is 1.41 bits per heavy atom. The maximum atomic E-state index is 11.9. The van der Waals surface area contributed by atoms with Crippen molar-refractivity contribution in [3.05, 3.63) is 48.0 Å². The zero-order valence-corrected chi connectivity index (χ0v) is 13.2. The van der Waals surface area contributed by atoms with Crippen LogP contribution in [0.4, 0.5) is 5.69 Å². The molecule has 0 radical (unpaired) electrons. The third-order valence-corrected chi connectivity index (χ3v) is 3.76. The van der Waals surface area contributed by atoms with Crippen molar-refractivity contribution in [2.75, 3.05) is 12.3 Å². The average Bonchev–Trinajstić information content (AvgIpc) is 2.89. The lowest BCUT2D eigenvalue weighted by Crippen LogP contribution is -2.30. The quantitative estimate of drug-likeness (QED) is 0.770. The van der Waals surface area contributed by atoms with Gasteiger partial charge in [0.05, 0.1) is 0 Å². The molecule has 1 unspecified atom stereocenters. The molecule has 0 spiro atoms. The van der Waals surface area contributed by atoms with Gasteiger partial charge in [-0.3, -0.25) is 4.79 Å². The van der Waals surface area contributed by atoms with Gasteiger partial charge in [0.15, 0.2) is 0 Å².